The van der Waals surface area contributed by atoms with E-state index >= 15 is 0 Å². The van der Waals surface area contributed by atoms with Crippen LogP contribution in [0, 0.1) is 0 Å². The lowest BCUT2D eigenvalue weighted by Gasteiger charge is -2.08. The monoisotopic (exact) mass is 366 g/mol. The second kappa shape index (κ2) is 27.1. The zero-order valence-corrected chi connectivity index (χ0v) is 17.5. The molecule has 0 spiro atoms. The van der Waals surface area contributed by atoms with Crippen LogP contribution >= 0.6 is 0 Å². The van der Waals surface area contributed by atoms with Crippen LogP contribution in [-0.2, 0) is 28.5 Å². The summed E-state index contributed by atoms with van der Waals surface area (Å²) in [6, 6.07) is 0. The molecule has 0 fully saturated rings. The van der Waals surface area contributed by atoms with Crippen LogP contribution < -0.4 is 0 Å². The van der Waals surface area contributed by atoms with Gasteiger partial charge in [-0.05, 0) is 34.1 Å². The van der Waals surface area contributed by atoms with Crippen molar-refractivity contribution in [1.82, 2.24) is 0 Å². The average molecular weight is 366 g/mol. The van der Waals surface area contributed by atoms with Gasteiger partial charge in [-0.1, -0.05) is 27.2 Å². The van der Waals surface area contributed by atoms with Crippen LogP contribution in [-0.4, -0.2) is 44.0 Å². The molecule has 0 N–H and O–H groups in total. The third kappa shape index (κ3) is 44.9. The van der Waals surface area contributed by atoms with E-state index < -0.39 is 6.16 Å². The molecule has 25 heavy (non-hydrogen) atoms. The molecule has 1 atom stereocenters. The highest BCUT2D eigenvalue weighted by Gasteiger charge is 2.01. The smallest absolute Gasteiger partial charge is 0.466 e. The van der Waals surface area contributed by atoms with E-state index in [0.717, 1.165) is 12.8 Å². The molecule has 0 saturated heterocycles. The maximum Gasteiger partial charge on any atom is 0.508 e. The van der Waals surface area contributed by atoms with Crippen molar-refractivity contribution >= 4 is 18.1 Å². The Morgan fingerprint density at radius 1 is 0.760 bits per heavy atom. The summed E-state index contributed by atoms with van der Waals surface area (Å²) in [4.78, 5) is 30.3. The first-order valence-electron chi connectivity index (χ1n) is 8.84. The Balaban J connectivity index is -0.000000128. The van der Waals surface area contributed by atoms with Crippen molar-refractivity contribution in [2.24, 2.45) is 0 Å². The lowest BCUT2D eigenvalue weighted by atomic mass is 10.2. The Morgan fingerprint density at radius 2 is 1.16 bits per heavy atom. The molecule has 0 saturated carbocycles. The zero-order chi connectivity index (χ0) is 20.7. The van der Waals surface area contributed by atoms with Gasteiger partial charge in [0.15, 0.2) is 0 Å². The fourth-order valence-corrected chi connectivity index (χ4v) is 1.23. The van der Waals surface area contributed by atoms with Gasteiger partial charge in [0.05, 0.1) is 25.9 Å². The van der Waals surface area contributed by atoms with Crippen LogP contribution in [0.5, 0.6) is 0 Å². The first-order valence-corrected chi connectivity index (χ1v) is 8.84. The van der Waals surface area contributed by atoms with Gasteiger partial charge in [-0.15, -0.1) is 0 Å². The van der Waals surface area contributed by atoms with Crippen molar-refractivity contribution < 1.29 is 33.3 Å². The van der Waals surface area contributed by atoms with E-state index in [0.29, 0.717) is 19.8 Å². The molecule has 0 aromatic heterocycles. The average Bonchev–Trinajstić information content (AvgIpc) is 2.50. The number of ether oxygens (including phenoxy) is 4. The molecular formula is C18H38O7. The fraction of sp³-hybridized carbons (Fsp3) is 0.833. The van der Waals surface area contributed by atoms with Crippen LogP contribution in [0.25, 0.3) is 0 Å². The molecule has 0 aliphatic heterocycles. The van der Waals surface area contributed by atoms with Crippen molar-refractivity contribution in [3.63, 3.8) is 0 Å². The molecule has 7 nitrogen and oxygen atoms in total. The summed E-state index contributed by atoms with van der Waals surface area (Å²) in [6.45, 7) is 17.3. The van der Waals surface area contributed by atoms with Gasteiger partial charge in [0.2, 0.25) is 0 Å². The molecule has 0 aliphatic rings. The Hall–Kier alpha value is -1.79. The minimum atomic E-state index is -0.588. The van der Waals surface area contributed by atoms with Gasteiger partial charge in [-0.25, -0.2) is 4.79 Å². The number of hydrogen-bond acceptors (Lipinski definition) is 7. The molecule has 0 heterocycles. The van der Waals surface area contributed by atoms with Crippen molar-refractivity contribution in [2.75, 3.05) is 19.8 Å². The zero-order valence-electron chi connectivity index (χ0n) is 17.5. The van der Waals surface area contributed by atoms with E-state index in [-0.39, 0.29) is 18.0 Å². The predicted molar refractivity (Wildman–Crippen MR) is 98.4 cm³/mol. The summed E-state index contributed by atoms with van der Waals surface area (Å²) in [5.74, 6) is -0.395. The van der Waals surface area contributed by atoms with Gasteiger partial charge in [-0.3, -0.25) is 9.59 Å². The van der Waals surface area contributed by atoms with E-state index in [1.165, 1.54) is 13.8 Å². The summed E-state index contributed by atoms with van der Waals surface area (Å²) in [5, 5.41) is 0. The van der Waals surface area contributed by atoms with Crippen LogP contribution in [0.1, 0.15) is 75.2 Å². The summed E-state index contributed by atoms with van der Waals surface area (Å²) in [7, 11) is 0. The highest BCUT2D eigenvalue weighted by atomic mass is 16.7. The van der Waals surface area contributed by atoms with Crippen LogP contribution in [0.4, 0.5) is 4.79 Å². The van der Waals surface area contributed by atoms with E-state index in [4.69, 9.17) is 4.74 Å². The Morgan fingerprint density at radius 3 is 1.36 bits per heavy atom. The fourth-order valence-electron chi connectivity index (χ4n) is 1.23. The first-order chi connectivity index (χ1) is 11.7. The Bertz CT molecular complexity index is 296. The van der Waals surface area contributed by atoms with Crippen LogP contribution in [0.3, 0.4) is 0 Å². The predicted octanol–water partition coefficient (Wildman–Crippen LogP) is 4.51. The minimum Gasteiger partial charge on any atom is -0.466 e. The normalized spacial score (nSPS) is 9.32. The maximum absolute atomic E-state index is 10.3. The summed E-state index contributed by atoms with van der Waals surface area (Å²) in [6.07, 6.45) is 1.52. The minimum absolute atomic E-state index is 0.0903. The molecule has 152 valence electrons. The van der Waals surface area contributed by atoms with Crippen molar-refractivity contribution in [3.8, 4) is 0 Å². The SMILES string of the molecule is CC.CCCC(C)OC(C)=O.CCOC(=O)OCC.CCOC(C)=O. The first kappa shape index (κ1) is 31.0. The molecule has 0 rings (SSSR count). The van der Waals surface area contributed by atoms with Crippen molar-refractivity contribution in [3.05, 3.63) is 0 Å². The number of rotatable bonds is 6. The lowest BCUT2D eigenvalue weighted by molar-refractivity contribution is -0.145. The molecule has 0 radical (unpaired) electrons. The van der Waals surface area contributed by atoms with Gasteiger partial charge in [0.1, 0.15) is 0 Å². The van der Waals surface area contributed by atoms with Gasteiger partial charge in [-0.2, -0.15) is 0 Å². The molecule has 1 unspecified atom stereocenters. The van der Waals surface area contributed by atoms with Gasteiger partial charge in [0.25, 0.3) is 0 Å². The Kier molecular flexibility index (Phi) is 33.6. The molecule has 0 amide bonds. The summed E-state index contributed by atoms with van der Waals surface area (Å²) in [5.41, 5.74) is 0. The van der Waals surface area contributed by atoms with E-state index in [1.54, 1.807) is 20.8 Å². The molecular weight excluding hydrogens is 328 g/mol. The second-order valence-corrected chi connectivity index (χ2v) is 4.25. The van der Waals surface area contributed by atoms with E-state index in [1.807, 2.05) is 20.8 Å². The number of carbonyl (C=O) groups is 3. The van der Waals surface area contributed by atoms with Crippen molar-refractivity contribution in [1.29, 1.82) is 0 Å². The molecule has 0 aliphatic carbocycles. The quantitative estimate of drug-likeness (QED) is 0.504. The lowest BCUT2D eigenvalue weighted by Crippen LogP contribution is -2.11. The highest BCUT2D eigenvalue weighted by molar-refractivity contribution is 5.66. The molecule has 0 aromatic carbocycles. The summed E-state index contributed by atoms with van der Waals surface area (Å²) >= 11 is 0. The van der Waals surface area contributed by atoms with Crippen LogP contribution in [0.2, 0.25) is 0 Å². The van der Waals surface area contributed by atoms with Crippen molar-refractivity contribution in [2.45, 2.75) is 81.3 Å². The highest BCUT2D eigenvalue weighted by Crippen LogP contribution is 1.99. The van der Waals surface area contributed by atoms with Gasteiger partial charge < -0.3 is 18.9 Å². The molecule has 0 bridgehead atoms. The molecule has 7 heteroatoms. The third-order valence-corrected chi connectivity index (χ3v) is 1.93. The topological polar surface area (TPSA) is 88.1 Å². The number of hydrogen-bond donors (Lipinski definition) is 0. The van der Waals surface area contributed by atoms with E-state index in [9.17, 15) is 14.4 Å². The van der Waals surface area contributed by atoms with Gasteiger partial charge >= 0.3 is 18.1 Å². The Labute approximate surface area is 153 Å². The standard InChI is InChI=1S/C7H14O2.C5H10O3.C4H8O2.C2H6/c1-4-5-6(2)9-7(3)8;1-3-7-5(6)8-4-2;1-3-6-4(2)5;1-2/h6H,4-5H2,1-3H3;3-4H2,1-2H3;3H2,1-2H3;1-2H3. The van der Waals surface area contributed by atoms with Gasteiger partial charge in [0, 0.05) is 13.8 Å². The van der Waals surface area contributed by atoms with Crippen LogP contribution in [0.15, 0.2) is 0 Å². The largest absolute Gasteiger partial charge is 0.508 e. The number of esters is 2. The number of carbonyl (C=O) groups excluding carboxylic acids is 3. The van der Waals surface area contributed by atoms with E-state index in [2.05, 4.69) is 21.1 Å². The second-order valence-electron chi connectivity index (χ2n) is 4.25. The third-order valence-electron chi connectivity index (χ3n) is 1.93. The summed E-state index contributed by atoms with van der Waals surface area (Å²) < 4.78 is 18.1. The maximum atomic E-state index is 10.3. The molecule has 0 aromatic rings.